The van der Waals surface area contributed by atoms with Gasteiger partial charge >= 0.3 is 0 Å². The van der Waals surface area contributed by atoms with Crippen molar-refractivity contribution >= 4 is 27.0 Å². The number of nitrogens with zero attached hydrogens (tertiary/aromatic N) is 2. The summed E-state index contributed by atoms with van der Waals surface area (Å²) >= 11 is 0. The number of H-pyrrole nitrogens is 1. The molecule has 0 bridgehead atoms. The lowest BCUT2D eigenvalue weighted by atomic mass is 10.1. The van der Waals surface area contributed by atoms with E-state index in [1.165, 1.54) is 6.26 Å². The smallest absolute Gasteiger partial charge is 0.209 e. The zero-order chi connectivity index (χ0) is 14.2. The maximum atomic E-state index is 11.3. The molecule has 1 atom stereocenters. The molecule has 0 radical (unpaired) electrons. The number of nitrogens with one attached hydrogen (secondary N) is 2. The van der Waals surface area contributed by atoms with Gasteiger partial charge in [0.2, 0.25) is 16.0 Å². The van der Waals surface area contributed by atoms with Crippen LogP contribution in [0.5, 0.6) is 0 Å². The highest BCUT2D eigenvalue weighted by Gasteiger charge is 2.24. The van der Waals surface area contributed by atoms with Crippen molar-refractivity contribution < 1.29 is 8.42 Å². The lowest BCUT2D eigenvalue weighted by Gasteiger charge is -2.32. The van der Waals surface area contributed by atoms with Gasteiger partial charge < -0.3 is 9.88 Å². The second-order valence-electron chi connectivity index (χ2n) is 5.25. The highest BCUT2D eigenvalue weighted by Crippen LogP contribution is 2.20. The molecular formula is C13H18N4O2S. The second-order valence-corrected chi connectivity index (χ2v) is 7.03. The fraction of sp³-hybridized carbons (Fsp3) is 0.462. The second kappa shape index (κ2) is 5.06. The largest absolute Gasteiger partial charge is 0.341 e. The van der Waals surface area contributed by atoms with Gasteiger partial charge in [-0.05, 0) is 25.0 Å². The number of benzene rings is 1. The van der Waals surface area contributed by atoms with Crippen molar-refractivity contribution in [1.29, 1.82) is 0 Å². The Morgan fingerprint density at radius 1 is 1.40 bits per heavy atom. The van der Waals surface area contributed by atoms with Gasteiger partial charge in [-0.3, -0.25) is 0 Å². The van der Waals surface area contributed by atoms with Gasteiger partial charge in [0.05, 0.1) is 17.3 Å². The Hall–Kier alpha value is -1.60. The fourth-order valence-corrected chi connectivity index (χ4v) is 3.46. The number of para-hydroxylation sites is 2. The van der Waals surface area contributed by atoms with Gasteiger partial charge in [-0.1, -0.05) is 12.1 Å². The number of aromatic amines is 1. The van der Waals surface area contributed by atoms with Crippen LogP contribution in [0.2, 0.25) is 0 Å². The van der Waals surface area contributed by atoms with Gasteiger partial charge in [0.1, 0.15) is 0 Å². The van der Waals surface area contributed by atoms with Gasteiger partial charge in [-0.25, -0.2) is 18.1 Å². The summed E-state index contributed by atoms with van der Waals surface area (Å²) in [5.41, 5.74) is 1.93. The molecule has 0 amide bonds. The van der Waals surface area contributed by atoms with E-state index in [9.17, 15) is 8.42 Å². The quantitative estimate of drug-likeness (QED) is 0.888. The third-order valence-corrected chi connectivity index (χ3v) is 4.24. The Bertz CT molecular complexity index is 677. The van der Waals surface area contributed by atoms with Crippen LogP contribution in [-0.4, -0.2) is 43.8 Å². The molecule has 0 aliphatic carbocycles. The third-order valence-electron chi connectivity index (χ3n) is 3.48. The van der Waals surface area contributed by atoms with Crippen LogP contribution < -0.4 is 9.62 Å². The van der Waals surface area contributed by atoms with Gasteiger partial charge in [-0.15, -0.1) is 0 Å². The first-order chi connectivity index (χ1) is 9.51. The van der Waals surface area contributed by atoms with Crippen LogP contribution in [0, 0.1) is 0 Å². The summed E-state index contributed by atoms with van der Waals surface area (Å²) in [6.07, 6.45) is 3.02. The minimum Gasteiger partial charge on any atom is -0.341 e. The average Bonchev–Trinajstić information content (AvgIpc) is 2.80. The molecule has 2 aromatic rings. The molecule has 108 valence electrons. The molecule has 0 unspecified atom stereocenters. The molecule has 0 spiro atoms. The van der Waals surface area contributed by atoms with Crippen molar-refractivity contribution in [3.63, 3.8) is 0 Å². The summed E-state index contributed by atoms with van der Waals surface area (Å²) in [6, 6.07) is 7.83. The Kier molecular flexibility index (Phi) is 3.39. The molecule has 1 saturated heterocycles. The molecule has 20 heavy (non-hydrogen) atoms. The average molecular weight is 294 g/mol. The number of imidazole rings is 1. The van der Waals surface area contributed by atoms with Crippen LogP contribution in [0.4, 0.5) is 5.95 Å². The Balaban J connectivity index is 1.79. The molecule has 1 aromatic heterocycles. The molecule has 3 rings (SSSR count). The van der Waals surface area contributed by atoms with E-state index in [4.69, 9.17) is 0 Å². The number of fused-ring (bicyclic) bond motifs is 1. The predicted octanol–water partition coefficient (Wildman–Crippen LogP) is 1.08. The Labute approximate surface area is 118 Å². The lowest BCUT2D eigenvalue weighted by Crippen LogP contribution is -2.47. The number of hydrogen-bond donors (Lipinski definition) is 2. The van der Waals surface area contributed by atoms with Crippen molar-refractivity contribution in [3.8, 4) is 0 Å². The SMILES string of the molecule is CS(=O)(=O)N[C@@H]1CCCN(c2nc3ccccc3[nH]2)C1. The monoisotopic (exact) mass is 294 g/mol. The number of anilines is 1. The van der Waals surface area contributed by atoms with Crippen molar-refractivity contribution in [2.24, 2.45) is 0 Å². The van der Waals surface area contributed by atoms with Crippen LogP contribution in [0.15, 0.2) is 24.3 Å². The summed E-state index contributed by atoms with van der Waals surface area (Å²) in [5, 5.41) is 0. The van der Waals surface area contributed by atoms with Crippen molar-refractivity contribution in [2.45, 2.75) is 18.9 Å². The highest BCUT2D eigenvalue weighted by molar-refractivity contribution is 7.88. The highest BCUT2D eigenvalue weighted by atomic mass is 32.2. The maximum absolute atomic E-state index is 11.3. The third kappa shape index (κ3) is 2.94. The number of piperidine rings is 1. The summed E-state index contributed by atoms with van der Waals surface area (Å²) in [6.45, 7) is 1.54. The van der Waals surface area contributed by atoms with E-state index in [0.29, 0.717) is 6.54 Å². The molecule has 1 aliphatic heterocycles. The van der Waals surface area contributed by atoms with Crippen molar-refractivity contribution in [3.05, 3.63) is 24.3 Å². The minimum absolute atomic E-state index is 0.0491. The van der Waals surface area contributed by atoms with Crippen molar-refractivity contribution in [1.82, 2.24) is 14.7 Å². The van der Waals surface area contributed by atoms with Gasteiger partial charge in [0.15, 0.2) is 0 Å². The van der Waals surface area contributed by atoms with E-state index in [1.54, 1.807) is 0 Å². The van der Waals surface area contributed by atoms with Gasteiger partial charge in [0, 0.05) is 19.1 Å². The lowest BCUT2D eigenvalue weighted by molar-refractivity contribution is 0.464. The normalized spacial score (nSPS) is 20.4. The molecule has 1 aliphatic rings. The molecule has 6 nitrogen and oxygen atoms in total. The zero-order valence-corrected chi connectivity index (χ0v) is 12.2. The predicted molar refractivity (Wildman–Crippen MR) is 79.3 cm³/mol. The van der Waals surface area contributed by atoms with Crippen LogP contribution in [0.25, 0.3) is 11.0 Å². The topological polar surface area (TPSA) is 78.1 Å². The fourth-order valence-electron chi connectivity index (χ4n) is 2.66. The molecule has 1 fully saturated rings. The first-order valence-electron chi connectivity index (χ1n) is 6.68. The number of aromatic nitrogens is 2. The van der Waals surface area contributed by atoms with E-state index >= 15 is 0 Å². The Morgan fingerprint density at radius 3 is 2.95 bits per heavy atom. The molecular weight excluding hydrogens is 276 g/mol. The molecule has 0 saturated carbocycles. The van der Waals surface area contributed by atoms with Gasteiger partial charge in [-0.2, -0.15) is 0 Å². The number of hydrogen-bond acceptors (Lipinski definition) is 4. The summed E-state index contributed by atoms with van der Waals surface area (Å²) in [5.74, 6) is 0.811. The number of sulfonamides is 1. The number of rotatable bonds is 3. The summed E-state index contributed by atoms with van der Waals surface area (Å²) in [4.78, 5) is 9.95. The van der Waals surface area contributed by atoms with E-state index in [-0.39, 0.29) is 6.04 Å². The van der Waals surface area contributed by atoms with E-state index in [1.807, 2.05) is 24.3 Å². The van der Waals surface area contributed by atoms with E-state index in [2.05, 4.69) is 19.6 Å². The minimum atomic E-state index is -3.16. The molecule has 1 aromatic carbocycles. The van der Waals surface area contributed by atoms with E-state index in [0.717, 1.165) is 36.4 Å². The Morgan fingerprint density at radius 2 is 2.20 bits per heavy atom. The maximum Gasteiger partial charge on any atom is 0.209 e. The van der Waals surface area contributed by atoms with Crippen LogP contribution in [-0.2, 0) is 10.0 Å². The first kappa shape index (κ1) is 13.4. The summed E-state index contributed by atoms with van der Waals surface area (Å²) < 4.78 is 25.3. The summed E-state index contributed by atoms with van der Waals surface area (Å²) in [7, 11) is -3.16. The van der Waals surface area contributed by atoms with E-state index < -0.39 is 10.0 Å². The van der Waals surface area contributed by atoms with Crippen LogP contribution >= 0.6 is 0 Å². The standard InChI is InChI=1S/C13H18N4O2S/c1-20(18,19)16-10-5-4-8-17(9-10)13-14-11-6-2-3-7-12(11)15-13/h2-3,6-7,10,16H,4-5,8-9H2,1H3,(H,14,15)/t10-/m1/s1. The molecule has 7 heteroatoms. The van der Waals surface area contributed by atoms with Gasteiger partial charge in [0.25, 0.3) is 0 Å². The van der Waals surface area contributed by atoms with Crippen LogP contribution in [0.1, 0.15) is 12.8 Å². The van der Waals surface area contributed by atoms with Crippen molar-refractivity contribution in [2.75, 3.05) is 24.2 Å². The first-order valence-corrected chi connectivity index (χ1v) is 8.57. The molecule has 2 heterocycles. The van der Waals surface area contributed by atoms with Crippen LogP contribution in [0.3, 0.4) is 0 Å². The molecule has 2 N–H and O–H groups in total. The zero-order valence-electron chi connectivity index (χ0n) is 11.3.